The zero-order chi connectivity index (χ0) is 14.0. The van der Waals surface area contributed by atoms with E-state index in [-0.39, 0.29) is 12.0 Å². The second-order valence-electron chi connectivity index (χ2n) is 4.94. The van der Waals surface area contributed by atoms with Crippen LogP contribution in [0.25, 0.3) is 0 Å². The highest BCUT2D eigenvalue weighted by Gasteiger charge is 2.27. The van der Waals surface area contributed by atoms with Gasteiger partial charge in [-0.3, -0.25) is 0 Å². The van der Waals surface area contributed by atoms with E-state index >= 15 is 0 Å². The fraction of sp³-hybridized carbons (Fsp3) is 0.538. The summed E-state index contributed by atoms with van der Waals surface area (Å²) in [6, 6.07) is 5.05. The molecule has 1 aromatic carbocycles. The Kier molecular flexibility index (Phi) is 4.66. The number of benzene rings is 1. The number of halogens is 1. The van der Waals surface area contributed by atoms with E-state index in [0.29, 0.717) is 18.1 Å². The Labute approximate surface area is 122 Å². The Bertz CT molecular complexity index is 553. The Morgan fingerprint density at radius 1 is 1.47 bits per heavy atom. The number of sulfonamides is 1. The molecule has 2 unspecified atom stereocenters. The Morgan fingerprint density at radius 3 is 2.79 bits per heavy atom. The van der Waals surface area contributed by atoms with Crippen LogP contribution in [-0.2, 0) is 14.8 Å². The molecule has 0 aliphatic carbocycles. The average molecular weight is 348 g/mol. The van der Waals surface area contributed by atoms with Crippen LogP contribution in [0, 0.1) is 12.8 Å². The molecule has 0 radical (unpaired) electrons. The van der Waals surface area contributed by atoms with Gasteiger partial charge in [0.1, 0.15) is 0 Å². The highest BCUT2D eigenvalue weighted by Crippen LogP contribution is 2.22. The van der Waals surface area contributed by atoms with Gasteiger partial charge in [-0.2, -0.15) is 0 Å². The second kappa shape index (κ2) is 5.91. The van der Waals surface area contributed by atoms with Crippen molar-refractivity contribution < 1.29 is 13.2 Å². The number of aryl methyl sites for hydroxylation is 1. The summed E-state index contributed by atoms with van der Waals surface area (Å²) in [6.45, 7) is 5.03. The summed E-state index contributed by atoms with van der Waals surface area (Å²) in [5.41, 5.74) is 0.733. The Balaban J connectivity index is 2.17. The molecule has 2 rings (SSSR count). The highest BCUT2D eigenvalue weighted by molar-refractivity contribution is 9.10. The van der Waals surface area contributed by atoms with Gasteiger partial charge < -0.3 is 4.74 Å². The molecule has 1 saturated heterocycles. The number of hydrogen-bond donors (Lipinski definition) is 1. The van der Waals surface area contributed by atoms with Crippen molar-refractivity contribution in [3.05, 3.63) is 28.2 Å². The van der Waals surface area contributed by atoms with Gasteiger partial charge in [-0.25, -0.2) is 13.1 Å². The fourth-order valence-corrected chi connectivity index (χ4v) is 4.28. The maximum Gasteiger partial charge on any atom is 0.241 e. The second-order valence-corrected chi connectivity index (χ2v) is 7.54. The first-order valence-electron chi connectivity index (χ1n) is 6.26. The number of hydrogen-bond acceptors (Lipinski definition) is 3. The van der Waals surface area contributed by atoms with Gasteiger partial charge in [-0.05, 0) is 44.0 Å². The molecule has 0 spiro atoms. The molecule has 2 atom stereocenters. The van der Waals surface area contributed by atoms with Crippen molar-refractivity contribution in [1.82, 2.24) is 4.72 Å². The molecule has 1 aliphatic rings. The van der Waals surface area contributed by atoms with Crippen molar-refractivity contribution in [2.24, 2.45) is 5.92 Å². The van der Waals surface area contributed by atoms with Crippen molar-refractivity contribution in [2.45, 2.75) is 31.2 Å². The summed E-state index contributed by atoms with van der Waals surface area (Å²) in [6.07, 6.45) is 0.906. The van der Waals surface area contributed by atoms with E-state index in [2.05, 4.69) is 20.7 Å². The smallest absolute Gasteiger partial charge is 0.241 e. The topological polar surface area (TPSA) is 55.4 Å². The van der Waals surface area contributed by atoms with Crippen molar-refractivity contribution in [2.75, 3.05) is 13.2 Å². The van der Waals surface area contributed by atoms with Crippen LogP contribution < -0.4 is 4.72 Å². The van der Waals surface area contributed by atoms with Crippen LogP contribution in [-0.4, -0.2) is 27.7 Å². The molecule has 0 aromatic heterocycles. The predicted octanol–water partition coefficient (Wildman–Crippen LogP) is 2.46. The Hall–Kier alpha value is -0.430. The molecule has 1 aromatic rings. The molecule has 1 fully saturated rings. The van der Waals surface area contributed by atoms with Crippen molar-refractivity contribution >= 4 is 26.0 Å². The van der Waals surface area contributed by atoms with Crippen LogP contribution >= 0.6 is 15.9 Å². The van der Waals surface area contributed by atoms with E-state index < -0.39 is 10.0 Å². The summed E-state index contributed by atoms with van der Waals surface area (Å²) < 4.78 is 33.7. The molecule has 1 heterocycles. The van der Waals surface area contributed by atoms with Gasteiger partial charge in [0, 0.05) is 23.0 Å². The molecule has 106 valence electrons. The standard InChI is InChI=1S/C13H18BrNO3S/c1-9-7-12(14)3-4-13(9)19(16,17)15-10(2)11-5-6-18-8-11/h3-4,7,10-11,15H,5-6,8H2,1-2H3. The number of ether oxygens (including phenoxy) is 1. The van der Waals surface area contributed by atoms with Gasteiger partial charge >= 0.3 is 0 Å². The van der Waals surface area contributed by atoms with Crippen LogP contribution in [0.15, 0.2) is 27.6 Å². The molecule has 19 heavy (non-hydrogen) atoms. The van der Waals surface area contributed by atoms with Crippen LogP contribution in [0.5, 0.6) is 0 Å². The molecule has 4 nitrogen and oxygen atoms in total. The van der Waals surface area contributed by atoms with E-state index in [0.717, 1.165) is 16.5 Å². The molecule has 0 bridgehead atoms. The molecule has 1 aliphatic heterocycles. The van der Waals surface area contributed by atoms with Crippen LogP contribution in [0.4, 0.5) is 0 Å². The molecule has 6 heteroatoms. The monoisotopic (exact) mass is 347 g/mol. The van der Waals surface area contributed by atoms with Crippen LogP contribution in [0.2, 0.25) is 0 Å². The first kappa shape index (κ1) is 15.0. The molecule has 0 amide bonds. The first-order chi connectivity index (χ1) is 8.90. The van der Waals surface area contributed by atoms with Gasteiger partial charge in [0.15, 0.2) is 0 Å². The third-order valence-electron chi connectivity index (χ3n) is 3.44. The number of nitrogens with one attached hydrogen (secondary N) is 1. The molecular formula is C13H18BrNO3S. The maximum atomic E-state index is 12.4. The normalized spacial score (nSPS) is 21.5. The minimum Gasteiger partial charge on any atom is -0.381 e. The van der Waals surface area contributed by atoms with Gasteiger partial charge in [0.05, 0.1) is 11.5 Å². The molecular weight excluding hydrogens is 330 g/mol. The third-order valence-corrected chi connectivity index (χ3v) is 5.65. The highest BCUT2D eigenvalue weighted by atomic mass is 79.9. The molecule has 0 saturated carbocycles. The minimum atomic E-state index is -3.47. The van der Waals surface area contributed by atoms with E-state index in [9.17, 15) is 8.42 Å². The number of rotatable bonds is 4. The van der Waals surface area contributed by atoms with Gasteiger partial charge in [-0.1, -0.05) is 15.9 Å². The summed E-state index contributed by atoms with van der Waals surface area (Å²) >= 11 is 3.34. The summed E-state index contributed by atoms with van der Waals surface area (Å²) in [5.74, 6) is 0.255. The lowest BCUT2D eigenvalue weighted by atomic mass is 10.0. The maximum absolute atomic E-state index is 12.4. The first-order valence-corrected chi connectivity index (χ1v) is 8.54. The summed E-state index contributed by atoms with van der Waals surface area (Å²) in [5, 5.41) is 0. The van der Waals surface area contributed by atoms with Crippen molar-refractivity contribution in [3.63, 3.8) is 0 Å². The fourth-order valence-electron chi connectivity index (χ4n) is 2.27. The van der Waals surface area contributed by atoms with Gasteiger partial charge in [-0.15, -0.1) is 0 Å². The van der Waals surface area contributed by atoms with Crippen LogP contribution in [0.3, 0.4) is 0 Å². The zero-order valence-electron chi connectivity index (χ0n) is 11.0. The average Bonchev–Trinajstić information content (AvgIpc) is 2.80. The van der Waals surface area contributed by atoms with E-state index in [1.807, 2.05) is 6.92 Å². The van der Waals surface area contributed by atoms with Gasteiger partial charge in [0.2, 0.25) is 10.0 Å². The van der Waals surface area contributed by atoms with E-state index in [4.69, 9.17) is 4.74 Å². The predicted molar refractivity (Wildman–Crippen MR) is 77.6 cm³/mol. The van der Waals surface area contributed by atoms with Gasteiger partial charge in [0.25, 0.3) is 0 Å². The minimum absolute atomic E-state index is 0.115. The van der Waals surface area contributed by atoms with Crippen molar-refractivity contribution in [1.29, 1.82) is 0 Å². The van der Waals surface area contributed by atoms with Crippen molar-refractivity contribution in [3.8, 4) is 0 Å². The largest absolute Gasteiger partial charge is 0.381 e. The quantitative estimate of drug-likeness (QED) is 0.910. The lowest BCUT2D eigenvalue weighted by molar-refractivity contribution is 0.180. The van der Waals surface area contributed by atoms with E-state index in [1.165, 1.54) is 0 Å². The summed E-state index contributed by atoms with van der Waals surface area (Å²) in [4.78, 5) is 0.335. The summed E-state index contributed by atoms with van der Waals surface area (Å²) in [7, 11) is -3.47. The SMILES string of the molecule is Cc1cc(Br)ccc1S(=O)(=O)NC(C)C1CCOC1. The zero-order valence-corrected chi connectivity index (χ0v) is 13.4. The van der Waals surface area contributed by atoms with E-state index in [1.54, 1.807) is 25.1 Å². The third kappa shape index (κ3) is 3.56. The Morgan fingerprint density at radius 2 is 2.21 bits per heavy atom. The lowest BCUT2D eigenvalue weighted by Crippen LogP contribution is -2.38. The molecule has 1 N–H and O–H groups in total. The van der Waals surface area contributed by atoms with Crippen LogP contribution in [0.1, 0.15) is 18.9 Å². The lowest BCUT2D eigenvalue weighted by Gasteiger charge is -2.20.